The number of halogens is 3. The zero-order valence-corrected chi connectivity index (χ0v) is 14.2. The second-order valence-electron chi connectivity index (χ2n) is 4.28. The Hall–Kier alpha value is -0.620. The molecule has 0 aliphatic heterocycles. The van der Waals surface area contributed by atoms with E-state index < -0.39 is 0 Å². The summed E-state index contributed by atoms with van der Waals surface area (Å²) in [5, 5.41) is 2.67. The lowest BCUT2D eigenvalue weighted by atomic mass is 10.4. The van der Waals surface area contributed by atoms with Crippen molar-refractivity contribution >= 4 is 61.6 Å². The van der Waals surface area contributed by atoms with E-state index in [0.29, 0.717) is 17.3 Å². The highest BCUT2D eigenvalue weighted by atomic mass is 79.9. The van der Waals surface area contributed by atoms with E-state index in [0.717, 1.165) is 28.0 Å². The molecule has 0 aromatic carbocycles. The summed E-state index contributed by atoms with van der Waals surface area (Å²) in [4.78, 5) is 10.2. The molecule has 3 rings (SSSR count). The van der Waals surface area contributed by atoms with Gasteiger partial charge in [-0.2, -0.15) is 0 Å². The summed E-state index contributed by atoms with van der Waals surface area (Å²) in [6.07, 6.45) is 2.36. The highest BCUT2D eigenvalue weighted by molar-refractivity contribution is 9.10. The van der Waals surface area contributed by atoms with Gasteiger partial charge < -0.3 is 4.57 Å². The van der Waals surface area contributed by atoms with E-state index in [2.05, 4.69) is 41.9 Å². The van der Waals surface area contributed by atoms with Gasteiger partial charge in [-0.25, -0.2) is 9.97 Å². The second-order valence-corrected chi connectivity index (χ2v) is 7.01. The normalized spacial score (nSPS) is 11.3. The van der Waals surface area contributed by atoms with Crippen LogP contribution in [-0.4, -0.2) is 20.4 Å². The number of imidazole rings is 1. The van der Waals surface area contributed by atoms with Crippen LogP contribution in [-0.2, 0) is 13.0 Å². The molecular weight excluding hydrogens is 381 g/mol. The van der Waals surface area contributed by atoms with Crippen molar-refractivity contribution in [1.82, 2.24) is 14.5 Å². The van der Waals surface area contributed by atoms with E-state index >= 15 is 0 Å². The van der Waals surface area contributed by atoms with Crippen LogP contribution in [0.2, 0.25) is 5.02 Å². The van der Waals surface area contributed by atoms with Crippen LogP contribution in [0.15, 0.2) is 28.2 Å². The second kappa shape index (κ2) is 6.02. The number of nitrogens with zero attached hydrogens (tertiary/aromatic N) is 3. The Balaban J connectivity index is 2.08. The van der Waals surface area contributed by atoms with Crippen molar-refractivity contribution in [2.24, 2.45) is 0 Å². The summed E-state index contributed by atoms with van der Waals surface area (Å²) in [5.74, 6) is 1.47. The molecule has 0 atom stereocenters. The predicted octanol–water partition coefficient (Wildman–Crippen LogP) is 4.74. The molecule has 3 nitrogen and oxygen atoms in total. The molecule has 3 heterocycles. The largest absolute Gasteiger partial charge is 0.307 e. The Kier molecular flexibility index (Phi) is 4.31. The van der Waals surface area contributed by atoms with Crippen LogP contribution in [0.3, 0.4) is 0 Å². The average Bonchev–Trinajstić information content (AvgIpc) is 2.95. The summed E-state index contributed by atoms with van der Waals surface area (Å²) < 4.78 is 3.20. The first kappa shape index (κ1) is 14.3. The van der Waals surface area contributed by atoms with Gasteiger partial charge in [0.05, 0.1) is 11.6 Å². The molecule has 0 bridgehead atoms. The zero-order chi connectivity index (χ0) is 14.1. The lowest BCUT2D eigenvalue weighted by molar-refractivity contribution is 0.756. The Morgan fingerprint density at radius 2 is 2.20 bits per heavy atom. The van der Waals surface area contributed by atoms with Gasteiger partial charge in [-0.3, -0.25) is 0 Å². The van der Waals surface area contributed by atoms with Crippen molar-refractivity contribution in [3.8, 4) is 0 Å². The number of thiophene rings is 1. The van der Waals surface area contributed by atoms with Crippen molar-refractivity contribution in [2.45, 2.75) is 13.0 Å². The first-order chi connectivity index (χ1) is 9.67. The Bertz CT molecular complexity index is 753. The minimum Gasteiger partial charge on any atom is -0.307 e. The maximum Gasteiger partial charge on any atom is 0.160 e. The molecule has 0 unspecified atom stereocenters. The fourth-order valence-electron chi connectivity index (χ4n) is 2.07. The third-order valence-electron chi connectivity index (χ3n) is 2.88. The van der Waals surface area contributed by atoms with Crippen LogP contribution in [0.25, 0.3) is 11.2 Å². The molecule has 0 aliphatic rings. The summed E-state index contributed by atoms with van der Waals surface area (Å²) >= 11 is 17.0. The Morgan fingerprint density at radius 1 is 1.35 bits per heavy atom. The lowest BCUT2D eigenvalue weighted by Gasteiger charge is -2.06. The number of hydrogen-bond donors (Lipinski definition) is 0. The molecule has 0 radical (unpaired) electrons. The van der Waals surface area contributed by atoms with Crippen LogP contribution < -0.4 is 0 Å². The minimum atomic E-state index is 0.533. The highest BCUT2D eigenvalue weighted by Gasteiger charge is 2.13. The van der Waals surface area contributed by atoms with Crippen LogP contribution in [0, 0.1) is 0 Å². The number of rotatable bonds is 4. The van der Waals surface area contributed by atoms with Crippen LogP contribution in [0.4, 0.5) is 0 Å². The number of aromatic nitrogens is 3. The molecule has 20 heavy (non-hydrogen) atoms. The van der Waals surface area contributed by atoms with Crippen LogP contribution in [0.5, 0.6) is 0 Å². The van der Waals surface area contributed by atoms with Crippen molar-refractivity contribution in [1.29, 1.82) is 0 Å². The van der Waals surface area contributed by atoms with E-state index in [4.69, 9.17) is 23.2 Å². The van der Waals surface area contributed by atoms with Gasteiger partial charge in [-0.1, -0.05) is 11.6 Å². The first-order valence-corrected chi connectivity index (χ1v) is 8.55. The van der Waals surface area contributed by atoms with E-state index in [1.807, 2.05) is 6.07 Å². The number of aryl methyl sites for hydroxylation is 1. The van der Waals surface area contributed by atoms with E-state index in [9.17, 15) is 0 Å². The van der Waals surface area contributed by atoms with Crippen LogP contribution in [0.1, 0.15) is 10.7 Å². The molecule has 104 valence electrons. The van der Waals surface area contributed by atoms with Crippen LogP contribution >= 0.6 is 50.5 Å². The van der Waals surface area contributed by atoms with Gasteiger partial charge in [0, 0.05) is 33.2 Å². The topological polar surface area (TPSA) is 30.7 Å². The molecule has 0 fully saturated rings. The third kappa shape index (κ3) is 2.86. The molecule has 3 aromatic rings. The Morgan fingerprint density at radius 3 is 2.90 bits per heavy atom. The smallest absolute Gasteiger partial charge is 0.160 e. The third-order valence-corrected chi connectivity index (χ3v) is 4.96. The first-order valence-electron chi connectivity index (χ1n) is 5.97. The molecule has 7 heteroatoms. The van der Waals surface area contributed by atoms with Gasteiger partial charge in [0.25, 0.3) is 0 Å². The van der Waals surface area contributed by atoms with Crippen molar-refractivity contribution in [3.05, 3.63) is 43.9 Å². The zero-order valence-electron chi connectivity index (χ0n) is 10.3. The lowest BCUT2D eigenvalue weighted by Crippen LogP contribution is -2.05. The van der Waals surface area contributed by atoms with Crippen molar-refractivity contribution < 1.29 is 0 Å². The summed E-state index contributed by atoms with van der Waals surface area (Å²) in [6.45, 7) is 0.744. The van der Waals surface area contributed by atoms with E-state index in [1.165, 1.54) is 4.88 Å². The van der Waals surface area contributed by atoms with Gasteiger partial charge in [-0.05, 0) is 28.1 Å². The molecular formula is C13H10BrCl2N3S. The number of hydrogen-bond acceptors (Lipinski definition) is 3. The quantitative estimate of drug-likeness (QED) is 0.602. The molecule has 0 saturated carbocycles. The predicted molar refractivity (Wildman–Crippen MR) is 88.1 cm³/mol. The fourth-order valence-corrected chi connectivity index (χ4v) is 3.83. The fraction of sp³-hybridized carbons (Fsp3) is 0.231. The molecule has 0 spiro atoms. The monoisotopic (exact) mass is 389 g/mol. The molecule has 0 saturated heterocycles. The number of alkyl halides is 1. The standard InChI is InChI=1S/C13H10BrCl2N3S/c14-8-3-10(20-7-8)6-19-12(1-2-15)18-11-4-9(16)5-17-13(11)19/h3-5,7H,1-2,6H2. The Labute approximate surface area is 138 Å². The molecule has 0 N–H and O–H groups in total. The number of fused-ring (bicyclic) bond motifs is 1. The maximum absolute atomic E-state index is 5.98. The van der Waals surface area contributed by atoms with E-state index in [1.54, 1.807) is 17.5 Å². The maximum atomic E-state index is 5.98. The molecule has 0 aliphatic carbocycles. The summed E-state index contributed by atoms with van der Waals surface area (Å²) in [7, 11) is 0. The van der Waals surface area contributed by atoms with Gasteiger partial charge in [0.1, 0.15) is 11.3 Å². The number of pyridine rings is 1. The molecule has 0 amide bonds. The summed E-state index contributed by atoms with van der Waals surface area (Å²) in [6, 6.07) is 3.94. The average molecular weight is 391 g/mol. The van der Waals surface area contributed by atoms with E-state index in [-0.39, 0.29) is 0 Å². The van der Waals surface area contributed by atoms with Gasteiger partial charge in [0.2, 0.25) is 0 Å². The highest BCUT2D eigenvalue weighted by Crippen LogP contribution is 2.24. The molecule has 3 aromatic heterocycles. The van der Waals surface area contributed by atoms with Crippen molar-refractivity contribution in [3.63, 3.8) is 0 Å². The van der Waals surface area contributed by atoms with Gasteiger partial charge in [-0.15, -0.1) is 22.9 Å². The van der Waals surface area contributed by atoms with Gasteiger partial charge >= 0.3 is 0 Å². The SMILES string of the molecule is ClCCc1nc2cc(Cl)cnc2n1Cc1cc(Br)cs1. The minimum absolute atomic E-state index is 0.533. The van der Waals surface area contributed by atoms with Gasteiger partial charge in [0.15, 0.2) is 5.65 Å². The van der Waals surface area contributed by atoms with Crippen molar-refractivity contribution in [2.75, 3.05) is 5.88 Å². The summed E-state index contributed by atoms with van der Waals surface area (Å²) in [5.41, 5.74) is 1.66.